The molecule has 2 atom stereocenters. The van der Waals surface area contributed by atoms with Gasteiger partial charge in [0.15, 0.2) is 6.04 Å². The lowest BCUT2D eigenvalue weighted by Gasteiger charge is -2.32. The van der Waals surface area contributed by atoms with Gasteiger partial charge in [-0.2, -0.15) is 0 Å². The molecule has 17 heavy (non-hydrogen) atoms. The van der Waals surface area contributed by atoms with Crippen LogP contribution in [0.1, 0.15) is 26.2 Å². The fraction of sp³-hybridized carbons (Fsp3) is 0.818. The van der Waals surface area contributed by atoms with Crippen molar-refractivity contribution in [3.8, 4) is 0 Å². The molecule has 0 saturated carbocycles. The van der Waals surface area contributed by atoms with E-state index in [0.29, 0.717) is 19.0 Å². The molecule has 0 spiro atoms. The summed E-state index contributed by atoms with van der Waals surface area (Å²) in [6.45, 7) is 2.81. The first-order valence-electron chi connectivity index (χ1n) is 5.97. The number of amides is 2. The van der Waals surface area contributed by atoms with Crippen LogP contribution in [-0.2, 0) is 4.79 Å². The number of urea groups is 1. The predicted octanol–water partition coefficient (Wildman–Crippen LogP) is 0.263. The molecule has 0 aromatic carbocycles. The second-order valence-electron chi connectivity index (χ2n) is 4.39. The lowest BCUT2D eigenvalue weighted by atomic mass is 9.96. The number of carbonyl (C=O) groups excluding carboxylic acids is 1. The van der Waals surface area contributed by atoms with E-state index in [9.17, 15) is 9.59 Å². The summed E-state index contributed by atoms with van der Waals surface area (Å²) in [6, 6.07) is -1.62. The summed E-state index contributed by atoms with van der Waals surface area (Å²) in [5, 5.41) is 19.9. The average molecular weight is 244 g/mol. The van der Waals surface area contributed by atoms with Crippen LogP contribution in [0.3, 0.4) is 0 Å². The van der Waals surface area contributed by atoms with Crippen LogP contribution in [0.4, 0.5) is 4.79 Å². The number of likely N-dealkylation sites (tertiary alicyclic amines) is 1. The number of hydrogen-bond acceptors (Lipinski definition) is 3. The molecule has 0 aromatic rings. The van der Waals surface area contributed by atoms with Crippen LogP contribution in [0, 0.1) is 5.92 Å². The molecule has 98 valence electrons. The largest absolute Gasteiger partial charge is 0.480 e. The molecular formula is C11H20N2O4. The minimum atomic E-state index is -1.22. The second-order valence-corrected chi connectivity index (χ2v) is 4.39. The minimum Gasteiger partial charge on any atom is -0.480 e. The molecule has 1 aliphatic rings. The number of aliphatic hydroxyl groups excluding tert-OH is 1. The molecule has 1 rings (SSSR count). The van der Waals surface area contributed by atoms with E-state index in [0.717, 1.165) is 19.3 Å². The van der Waals surface area contributed by atoms with Crippen LogP contribution in [0.25, 0.3) is 0 Å². The smallest absolute Gasteiger partial charge is 0.328 e. The first-order chi connectivity index (χ1) is 8.08. The highest BCUT2D eigenvalue weighted by Gasteiger charge is 2.26. The zero-order valence-corrected chi connectivity index (χ0v) is 10.1. The summed E-state index contributed by atoms with van der Waals surface area (Å²) in [5.41, 5.74) is 0. The van der Waals surface area contributed by atoms with Crippen LogP contribution >= 0.6 is 0 Å². The highest BCUT2D eigenvalue weighted by Crippen LogP contribution is 2.18. The molecule has 1 saturated heterocycles. The van der Waals surface area contributed by atoms with Gasteiger partial charge >= 0.3 is 12.0 Å². The van der Waals surface area contributed by atoms with Crippen LogP contribution in [0.2, 0.25) is 0 Å². The molecule has 0 radical (unpaired) electrons. The Morgan fingerprint density at radius 1 is 1.53 bits per heavy atom. The van der Waals surface area contributed by atoms with Crippen LogP contribution < -0.4 is 5.32 Å². The molecule has 6 heteroatoms. The SMILES string of the molecule is CCC1CCCN(C(=O)N[C@@H](CO)C(=O)O)C1. The minimum absolute atomic E-state index is 0.399. The maximum atomic E-state index is 11.8. The summed E-state index contributed by atoms with van der Waals surface area (Å²) in [6.07, 6.45) is 3.08. The first-order valence-corrected chi connectivity index (χ1v) is 5.97. The van der Waals surface area contributed by atoms with Crippen molar-refractivity contribution in [3.05, 3.63) is 0 Å². The molecule has 1 unspecified atom stereocenters. The molecule has 2 amide bonds. The maximum absolute atomic E-state index is 11.8. The predicted molar refractivity (Wildman–Crippen MR) is 61.6 cm³/mol. The third-order valence-electron chi connectivity index (χ3n) is 3.16. The van der Waals surface area contributed by atoms with Crippen LogP contribution in [-0.4, -0.2) is 52.9 Å². The van der Waals surface area contributed by atoms with Gasteiger partial charge in [0.1, 0.15) is 0 Å². The van der Waals surface area contributed by atoms with Crippen molar-refractivity contribution in [2.75, 3.05) is 19.7 Å². The zero-order chi connectivity index (χ0) is 12.8. The van der Waals surface area contributed by atoms with Gasteiger partial charge in [0.2, 0.25) is 0 Å². The van der Waals surface area contributed by atoms with E-state index in [2.05, 4.69) is 12.2 Å². The summed E-state index contributed by atoms with van der Waals surface area (Å²) in [4.78, 5) is 24.1. The van der Waals surface area contributed by atoms with Gasteiger partial charge in [-0.1, -0.05) is 13.3 Å². The molecule has 0 aliphatic carbocycles. The van der Waals surface area contributed by atoms with Crippen molar-refractivity contribution in [2.45, 2.75) is 32.2 Å². The summed E-state index contributed by atoms with van der Waals surface area (Å²) < 4.78 is 0. The van der Waals surface area contributed by atoms with E-state index in [1.165, 1.54) is 0 Å². The van der Waals surface area contributed by atoms with Gasteiger partial charge in [-0.05, 0) is 18.8 Å². The van der Waals surface area contributed by atoms with Crippen molar-refractivity contribution < 1.29 is 19.8 Å². The molecule has 1 fully saturated rings. The highest BCUT2D eigenvalue weighted by molar-refractivity contribution is 5.82. The topological polar surface area (TPSA) is 89.9 Å². The summed E-state index contributed by atoms with van der Waals surface area (Å²) in [5.74, 6) is -0.725. The Kier molecular flexibility index (Phi) is 5.21. The zero-order valence-electron chi connectivity index (χ0n) is 10.1. The second kappa shape index (κ2) is 6.44. The number of carboxylic acids is 1. The Labute approximate surface area is 101 Å². The highest BCUT2D eigenvalue weighted by atomic mass is 16.4. The van der Waals surface area contributed by atoms with Gasteiger partial charge in [-0.25, -0.2) is 9.59 Å². The molecule has 6 nitrogen and oxygen atoms in total. The number of aliphatic hydroxyl groups is 1. The maximum Gasteiger partial charge on any atom is 0.328 e. The number of rotatable bonds is 4. The van der Waals surface area contributed by atoms with Crippen molar-refractivity contribution in [1.29, 1.82) is 0 Å². The number of nitrogens with zero attached hydrogens (tertiary/aromatic N) is 1. The Morgan fingerprint density at radius 2 is 2.24 bits per heavy atom. The monoisotopic (exact) mass is 244 g/mol. The van der Waals surface area contributed by atoms with Gasteiger partial charge in [-0.3, -0.25) is 0 Å². The van der Waals surface area contributed by atoms with E-state index in [4.69, 9.17) is 10.2 Å². The lowest BCUT2D eigenvalue weighted by molar-refractivity contribution is -0.140. The molecule has 0 bridgehead atoms. The molecule has 1 aliphatic heterocycles. The average Bonchev–Trinajstić information content (AvgIpc) is 2.35. The fourth-order valence-electron chi connectivity index (χ4n) is 2.01. The van der Waals surface area contributed by atoms with Gasteiger partial charge in [0, 0.05) is 13.1 Å². The fourth-order valence-corrected chi connectivity index (χ4v) is 2.01. The van der Waals surface area contributed by atoms with E-state index in [-0.39, 0.29) is 0 Å². The molecule has 0 aromatic heterocycles. The van der Waals surface area contributed by atoms with Gasteiger partial charge in [0.25, 0.3) is 0 Å². The van der Waals surface area contributed by atoms with Crippen molar-refractivity contribution in [1.82, 2.24) is 10.2 Å². The Bertz CT molecular complexity index is 283. The number of carboxylic acid groups (broad SMARTS) is 1. The van der Waals surface area contributed by atoms with Crippen molar-refractivity contribution in [2.24, 2.45) is 5.92 Å². The van der Waals surface area contributed by atoms with E-state index in [1.54, 1.807) is 4.90 Å². The Balaban J connectivity index is 2.48. The number of aliphatic carboxylic acids is 1. The van der Waals surface area contributed by atoms with Crippen molar-refractivity contribution in [3.63, 3.8) is 0 Å². The van der Waals surface area contributed by atoms with Gasteiger partial charge in [-0.15, -0.1) is 0 Å². The number of carbonyl (C=O) groups is 2. The first kappa shape index (κ1) is 13.8. The van der Waals surface area contributed by atoms with E-state index < -0.39 is 24.6 Å². The lowest BCUT2D eigenvalue weighted by Crippen LogP contribution is -2.51. The third-order valence-corrected chi connectivity index (χ3v) is 3.16. The van der Waals surface area contributed by atoms with E-state index >= 15 is 0 Å². The summed E-state index contributed by atoms with van der Waals surface area (Å²) in [7, 11) is 0. The van der Waals surface area contributed by atoms with Gasteiger partial charge in [0.05, 0.1) is 6.61 Å². The molecule has 3 N–H and O–H groups in total. The molecule has 1 heterocycles. The quantitative estimate of drug-likeness (QED) is 0.662. The summed E-state index contributed by atoms with van der Waals surface area (Å²) >= 11 is 0. The van der Waals surface area contributed by atoms with Crippen molar-refractivity contribution >= 4 is 12.0 Å². The van der Waals surface area contributed by atoms with Gasteiger partial charge < -0.3 is 20.4 Å². The third kappa shape index (κ3) is 3.89. The van der Waals surface area contributed by atoms with Crippen LogP contribution in [0.5, 0.6) is 0 Å². The number of piperidine rings is 1. The normalized spacial score (nSPS) is 22.0. The standard InChI is InChI=1S/C11H20N2O4/c1-2-8-4-3-5-13(6-8)11(17)12-9(7-14)10(15)16/h8-9,14H,2-7H2,1H3,(H,12,17)(H,15,16)/t8?,9-/m0/s1. The van der Waals surface area contributed by atoms with Crippen LogP contribution in [0.15, 0.2) is 0 Å². The Morgan fingerprint density at radius 3 is 2.76 bits per heavy atom. The Hall–Kier alpha value is -1.30. The number of nitrogens with one attached hydrogen (secondary N) is 1. The van der Waals surface area contributed by atoms with E-state index in [1.807, 2.05) is 0 Å². The molecular weight excluding hydrogens is 224 g/mol. The number of hydrogen-bond donors (Lipinski definition) is 3.